The number of amides is 1. The minimum Gasteiger partial charge on any atom is -0.395 e. The van der Waals surface area contributed by atoms with Crippen LogP contribution in [-0.2, 0) is 4.74 Å². The fraction of sp³-hybridized carbons (Fsp3) is 0.462. The Bertz CT molecular complexity index is 409. The van der Waals surface area contributed by atoms with Crippen molar-refractivity contribution in [3.05, 3.63) is 33.8 Å². The lowest BCUT2D eigenvalue weighted by Crippen LogP contribution is -2.36. The third-order valence-corrected chi connectivity index (χ3v) is 3.70. The lowest BCUT2D eigenvalue weighted by Gasteiger charge is -2.22. The van der Waals surface area contributed by atoms with Crippen LogP contribution in [0, 0.1) is 6.92 Å². The number of halogens is 1. The second-order valence-corrected chi connectivity index (χ2v) is 4.74. The number of ether oxygens (including phenoxy) is 1. The van der Waals surface area contributed by atoms with Crippen LogP contribution in [0.1, 0.15) is 15.9 Å². The Morgan fingerprint density at radius 3 is 2.78 bits per heavy atom. The van der Waals surface area contributed by atoms with E-state index in [0.29, 0.717) is 25.3 Å². The number of rotatable bonds is 6. The summed E-state index contributed by atoms with van der Waals surface area (Å²) in [6.45, 7) is 3.11. The van der Waals surface area contributed by atoms with E-state index in [9.17, 15) is 4.79 Å². The highest BCUT2D eigenvalue weighted by molar-refractivity contribution is 9.10. The molecule has 0 spiro atoms. The molecular weight excluding hydrogens is 298 g/mol. The van der Waals surface area contributed by atoms with Gasteiger partial charge in [0.15, 0.2) is 0 Å². The third kappa shape index (κ3) is 3.80. The lowest BCUT2D eigenvalue weighted by molar-refractivity contribution is 0.0655. The zero-order chi connectivity index (χ0) is 13.5. The van der Waals surface area contributed by atoms with E-state index in [1.54, 1.807) is 18.1 Å². The molecule has 1 N–H and O–H groups in total. The second-order valence-electron chi connectivity index (χ2n) is 3.95. The summed E-state index contributed by atoms with van der Waals surface area (Å²) in [5.74, 6) is -0.100. The van der Waals surface area contributed by atoms with Gasteiger partial charge in [-0.05, 0) is 34.5 Å². The molecule has 0 saturated carbocycles. The van der Waals surface area contributed by atoms with Crippen molar-refractivity contribution in [2.24, 2.45) is 0 Å². The van der Waals surface area contributed by atoms with Gasteiger partial charge < -0.3 is 14.7 Å². The summed E-state index contributed by atoms with van der Waals surface area (Å²) in [7, 11) is 1.59. The van der Waals surface area contributed by atoms with Crippen LogP contribution in [0.15, 0.2) is 22.7 Å². The van der Waals surface area contributed by atoms with E-state index >= 15 is 0 Å². The van der Waals surface area contributed by atoms with Gasteiger partial charge in [0.25, 0.3) is 5.91 Å². The van der Waals surface area contributed by atoms with Crippen molar-refractivity contribution in [2.75, 3.05) is 33.4 Å². The summed E-state index contributed by atoms with van der Waals surface area (Å²) < 4.78 is 5.77. The van der Waals surface area contributed by atoms with Gasteiger partial charge in [-0.3, -0.25) is 4.79 Å². The quantitative estimate of drug-likeness (QED) is 0.871. The molecule has 0 atom stereocenters. The van der Waals surface area contributed by atoms with Crippen LogP contribution in [0.3, 0.4) is 0 Å². The van der Waals surface area contributed by atoms with Gasteiger partial charge in [-0.15, -0.1) is 0 Å². The molecule has 0 unspecified atom stereocenters. The number of carbonyl (C=O) groups excluding carboxylic acids is 1. The number of hydrogen-bond acceptors (Lipinski definition) is 3. The smallest absolute Gasteiger partial charge is 0.255 e. The summed E-state index contributed by atoms with van der Waals surface area (Å²) in [5, 5.41) is 9.01. The van der Waals surface area contributed by atoms with E-state index in [1.165, 1.54) is 0 Å². The number of methoxy groups -OCH3 is 1. The molecule has 1 aromatic carbocycles. The first kappa shape index (κ1) is 15.1. The molecule has 0 aliphatic heterocycles. The molecular formula is C13H18BrNO3. The standard InChI is InChI=1S/C13H18BrNO3/c1-10-4-3-5-11(12(10)14)13(17)15(6-8-16)7-9-18-2/h3-5,16H,6-9H2,1-2H3. The monoisotopic (exact) mass is 315 g/mol. The summed E-state index contributed by atoms with van der Waals surface area (Å²) in [6.07, 6.45) is 0. The normalized spacial score (nSPS) is 10.4. The first-order chi connectivity index (χ1) is 8.61. The van der Waals surface area contributed by atoms with Crippen LogP contribution in [0.4, 0.5) is 0 Å². The Morgan fingerprint density at radius 1 is 1.44 bits per heavy atom. The maximum Gasteiger partial charge on any atom is 0.255 e. The van der Waals surface area contributed by atoms with Gasteiger partial charge in [-0.25, -0.2) is 0 Å². The number of carbonyl (C=O) groups is 1. The van der Waals surface area contributed by atoms with Gasteiger partial charge in [0.2, 0.25) is 0 Å². The minimum atomic E-state index is -0.100. The zero-order valence-corrected chi connectivity index (χ0v) is 12.2. The minimum absolute atomic E-state index is 0.0567. The van der Waals surface area contributed by atoms with Crippen LogP contribution in [0.2, 0.25) is 0 Å². The van der Waals surface area contributed by atoms with Crippen LogP contribution >= 0.6 is 15.9 Å². The van der Waals surface area contributed by atoms with Crippen molar-refractivity contribution in [3.8, 4) is 0 Å². The number of aliphatic hydroxyl groups excluding tert-OH is 1. The molecule has 1 amide bonds. The SMILES string of the molecule is COCCN(CCO)C(=O)c1cccc(C)c1Br. The van der Waals surface area contributed by atoms with E-state index in [0.717, 1.165) is 10.0 Å². The summed E-state index contributed by atoms with van der Waals surface area (Å²) in [4.78, 5) is 13.9. The zero-order valence-electron chi connectivity index (χ0n) is 10.6. The molecule has 18 heavy (non-hydrogen) atoms. The van der Waals surface area contributed by atoms with E-state index in [4.69, 9.17) is 9.84 Å². The van der Waals surface area contributed by atoms with Crippen molar-refractivity contribution >= 4 is 21.8 Å². The van der Waals surface area contributed by atoms with E-state index in [-0.39, 0.29) is 12.5 Å². The first-order valence-corrected chi connectivity index (χ1v) is 6.55. The van der Waals surface area contributed by atoms with Crippen LogP contribution < -0.4 is 0 Å². The number of aliphatic hydroxyl groups is 1. The van der Waals surface area contributed by atoms with Gasteiger partial charge in [-0.2, -0.15) is 0 Å². The van der Waals surface area contributed by atoms with Gasteiger partial charge in [0.05, 0.1) is 18.8 Å². The van der Waals surface area contributed by atoms with Gasteiger partial charge in [0, 0.05) is 24.7 Å². The van der Waals surface area contributed by atoms with Crippen molar-refractivity contribution in [1.29, 1.82) is 0 Å². The number of hydrogen-bond donors (Lipinski definition) is 1. The summed E-state index contributed by atoms with van der Waals surface area (Å²) in [5.41, 5.74) is 1.62. The summed E-state index contributed by atoms with van der Waals surface area (Å²) >= 11 is 3.43. The van der Waals surface area contributed by atoms with E-state index < -0.39 is 0 Å². The van der Waals surface area contributed by atoms with E-state index in [1.807, 2.05) is 19.1 Å². The maximum absolute atomic E-state index is 12.3. The van der Waals surface area contributed by atoms with Crippen molar-refractivity contribution in [3.63, 3.8) is 0 Å². The Balaban J connectivity index is 2.90. The highest BCUT2D eigenvalue weighted by Crippen LogP contribution is 2.22. The third-order valence-electron chi connectivity index (χ3n) is 2.64. The predicted octanol–water partition coefficient (Wildman–Crippen LogP) is 1.84. The van der Waals surface area contributed by atoms with Crippen molar-refractivity contribution in [2.45, 2.75) is 6.92 Å². The maximum atomic E-state index is 12.3. The summed E-state index contributed by atoms with van der Waals surface area (Å²) in [6, 6.07) is 5.56. The topological polar surface area (TPSA) is 49.8 Å². The predicted molar refractivity (Wildman–Crippen MR) is 73.7 cm³/mol. The fourth-order valence-corrected chi connectivity index (χ4v) is 2.05. The molecule has 0 aliphatic carbocycles. The average Bonchev–Trinajstić information content (AvgIpc) is 2.37. The molecule has 5 heteroatoms. The molecule has 4 nitrogen and oxygen atoms in total. The first-order valence-electron chi connectivity index (χ1n) is 5.76. The molecule has 0 heterocycles. The lowest BCUT2D eigenvalue weighted by atomic mass is 10.1. The molecule has 0 aromatic heterocycles. The largest absolute Gasteiger partial charge is 0.395 e. The van der Waals surface area contributed by atoms with Crippen molar-refractivity contribution in [1.82, 2.24) is 4.90 Å². The molecule has 0 bridgehead atoms. The second kappa shape index (κ2) is 7.51. The number of aryl methyl sites for hydroxylation is 1. The Morgan fingerprint density at radius 2 is 2.17 bits per heavy atom. The fourth-order valence-electron chi connectivity index (χ4n) is 1.62. The molecule has 1 aromatic rings. The molecule has 0 saturated heterocycles. The van der Waals surface area contributed by atoms with Gasteiger partial charge in [-0.1, -0.05) is 12.1 Å². The van der Waals surface area contributed by atoms with Crippen LogP contribution in [0.5, 0.6) is 0 Å². The van der Waals surface area contributed by atoms with Crippen LogP contribution in [-0.4, -0.2) is 49.3 Å². The molecule has 100 valence electrons. The molecule has 0 aliphatic rings. The van der Waals surface area contributed by atoms with Crippen molar-refractivity contribution < 1.29 is 14.6 Å². The Labute approximate surface area is 116 Å². The van der Waals surface area contributed by atoms with E-state index in [2.05, 4.69) is 15.9 Å². The average molecular weight is 316 g/mol. The Kier molecular flexibility index (Phi) is 6.32. The highest BCUT2D eigenvalue weighted by atomic mass is 79.9. The molecule has 0 fully saturated rings. The van der Waals surface area contributed by atoms with Gasteiger partial charge in [0.1, 0.15) is 0 Å². The molecule has 0 radical (unpaired) electrons. The van der Waals surface area contributed by atoms with Crippen LogP contribution in [0.25, 0.3) is 0 Å². The molecule has 1 rings (SSSR count). The highest BCUT2D eigenvalue weighted by Gasteiger charge is 2.18. The Hall–Kier alpha value is -0.910. The number of benzene rings is 1. The number of nitrogens with zero attached hydrogens (tertiary/aromatic N) is 1. The van der Waals surface area contributed by atoms with Gasteiger partial charge >= 0.3 is 0 Å².